The third-order valence-corrected chi connectivity index (χ3v) is 5.17. The van der Waals surface area contributed by atoms with Gasteiger partial charge in [0, 0.05) is 11.3 Å². The molecule has 26 heavy (non-hydrogen) atoms. The number of aliphatic carboxylic acids is 1. The van der Waals surface area contributed by atoms with Crippen LogP contribution >= 0.6 is 0 Å². The number of primary amides is 1. The van der Waals surface area contributed by atoms with E-state index in [0.29, 0.717) is 23.4 Å². The molecule has 4 rings (SSSR count). The lowest BCUT2D eigenvalue weighted by Crippen LogP contribution is -2.51. The number of nitrogens with zero attached hydrogens (tertiary/aromatic N) is 1. The molecule has 1 saturated heterocycles. The lowest BCUT2D eigenvalue weighted by molar-refractivity contribution is -0.311. The van der Waals surface area contributed by atoms with Crippen molar-refractivity contribution < 1.29 is 24.2 Å². The van der Waals surface area contributed by atoms with Crippen LogP contribution in [-0.4, -0.2) is 23.4 Å². The molecule has 0 aliphatic carbocycles. The van der Waals surface area contributed by atoms with Crippen molar-refractivity contribution in [3.05, 3.63) is 65.2 Å². The Kier molecular flexibility index (Phi) is 3.23. The standard InChI is InChI=1S/C19H16N2O5/c1-18(19(26-18,16(20)23)17(24)25)12-6-8-13(9-7-12)21-10-11-4-2-3-5-14(11)15(21)22/h2-9H,10H2,1H3,(H2,20,23)(H,24,25)/p-1/t18-,19+/m0/s1. The molecule has 132 valence electrons. The third kappa shape index (κ3) is 1.94. The van der Waals surface area contributed by atoms with Crippen LogP contribution < -0.4 is 15.7 Å². The average molecular weight is 351 g/mol. The molecule has 2 aliphatic heterocycles. The number of hydrogen-bond acceptors (Lipinski definition) is 5. The number of ether oxygens (including phenoxy) is 1. The van der Waals surface area contributed by atoms with Crippen molar-refractivity contribution >= 4 is 23.5 Å². The summed E-state index contributed by atoms with van der Waals surface area (Å²) in [6, 6.07) is 14.0. The summed E-state index contributed by atoms with van der Waals surface area (Å²) in [4.78, 5) is 37.1. The maximum Gasteiger partial charge on any atom is 0.259 e. The van der Waals surface area contributed by atoms with Crippen LogP contribution in [0.15, 0.2) is 48.5 Å². The van der Waals surface area contributed by atoms with Gasteiger partial charge in [-0.05, 0) is 36.2 Å². The lowest BCUT2D eigenvalue weighted by Gasteiger charge is -2.18. The maximum absolute atomic E-state index is 12.5. The molecule has 2 aliphatic rings. The molecule has 0 saturated carbocycles. The molecule has 7 nitrogen and oxygen atoms in total. The number of carbonyl (C=O) groups excluding carboxylic acids is 3. The average Bonchev–Trinajstić information content (AvgIpc) is 3.17. The number of hydrogen-bond donors (Lipinski definition) is 1. The van der Waals surface area contributed by atoms with Crippen molar-refractivity contribution in [2.45, 2.75) is 24.7 Å². The van der Waals surface area contributed by atoms with E-state index >= 15 is 0 Å². The molecule has 2 atom stereocenters. The maximum atomic E-state index is 12.5. The number of carbonyl (C=O) groups is 3. The molecule has 2 aromatic rings. The van der Waals surface area contributed by atoms with Gasteiger partial charge in [0.15, 0.2) is 0 Å². The number of epoxide rings is 1. The van der Waals surface area contributed by atoms with Gasteiger partial charge in [0.25, 0.3) is 11.8 Å². The summed E-state index contributed by atoms with van der Waals surface area (Å²) in [6.45, 7) is 1.94. The largest absolute Gasteiger partial charge is 0.546 e. The normalized spacial score (nSPS) is 26.5. The van der Waals surface area contributed by atoms with E-state index in [1.165, 1.54) is 6.92 Å². The highest BCUT2D eigenvalue weighted by atomic mass is 16.7. The summed E-state index contributed by atoms with van der Waals surface area (Å²) in [7, 11) is 0. The van der Waals surface area contributed by atoms with E-state index in [1.807, 2.05) is 18.2 Å². The van der Waals surface area contributed by atoms with E-state index in [2.05, 4.69) is 0 Å². The van der Waals surface area contributed by atoms with Crippen molar-refractivity contribution in [3.63, 3.8) is 0 Å². The molecular formula is C19H15N2O5-. The first-order valence-electron chi connectivity index (χ1n) is 8.03. The number of benzene rings is 2. The Balaban J connectivity index is 1.63. The number of carboxylic acid groups (broad SMARTS) is 1. The molecule has 1 fully saturated rings. The summed E-state index contributed by atoms with van der Waals surface area (Å²) in [6.07, 6.45) is 0. The molecule has 0 radical (unpaired) electrons. The van der Waals surface area contributed by atoms with E-state index in [1.54, 1.807) is 35.2 Å². The molecule has 0 bridgehead atoms. The summed E-state index contributed by atoms with van der Waals surface area (Å²) >= 11 is 0. The van der Waals surface area contributed by atoms with Gasteiger partial charge in [-0.1, -0.05) is 30.3 Å². The summed E-state index contributed by atoms with van der Waals surface area (Å²) in [5.74, 6) is -2.86. The third-order valence-electron chi connectivity index (χ3n) is 5.17. The second-order valence-corrected chi connectivity index (χ2v) is 6.56. The first kappa shape index (κ1) is 16.3. The Morgan fingerprint density at radius 3 is 2.35 bits per heavy atom. The van der Waals surface area contributed by atoms with Crippen LogP contribution in [0.4, 0.5) is 5.69 Å². The van der Waals surface area contributed by atoms with Crippen LogP contribution in [0.3, 0.4) is 0 Å². The Morgan fingerprint density at radius 1 is 1.15 bits per heavy atom. The van der Waals surface area contributed by atoms with Gasteiger partial charge in [0.2, 0.25) is 5.60 Å². The minimum Gasteiger partial charge on any atom is -0.546 e. The molecule has 2 N–H and O–H groups in total. The second-order valence-electron chi connectivity index (χ2n) is 6.56. The first-order valence-corrected chi connectivity index (χ1v) is 8.03. The number of anilines is 1. The highest BCUT2D eigenvalue weighted by Gasteiger charge is 2.73. The van der Waals surface area contributed by atoms with Gasteiger partial charge in [-0.2, -0.15) is 0 Å². The Labute approximate surface area is 149 Å². The molecule has 2 aromatic carbocycles. The predicted octanol–water partition coefficient (Wildman–Crippen LogP) is 0.0664. The predicted molar refractivity (Wildman–Crippen MR) is 88.8 cm³/mol. The van der Waals surface area contributed by atoms with E-state index in [9.17, 15) is 19.5 Å². The fourth-order valence-corrected chi connectivity index (χ4v) is 3.59. The fraction of sp³-hybridized carbons (Fsp3) is 0.211. The molecular weight excluding hydrogens is 336 g/mol. The molecule has 0 spiro atoms. The fourth-order valence-electron chi connectivity index (χ4n) is 3.59. The molecule has 2 amide bonds. The van der Waals surface area contributed by atoms with Gasteiger partial charge in [0.1, 0.15) is 5.60 Å². The number of rotatable bonds is 4. The van der Waals surface area contributed by atoms with Crippen LogP contribution in [0.1, 0.15) is 28.4 Å². The minimum atomic E-state index is -2.17. The van der Waals surface area contributed by atoms with Crippen molar-refractivity contribution in [2.75, 3.05) is 4.90 Å². The number of fused-ring (bicyclic) bond motifs is 1. The van der Waals surface area contributed by atoms with E-state index < -0.39 is 23.1 Å². The quantitative estimate of drug-likeness (QED) is 0.618. The Hall–Kier alpha value is -3.19. The van der Waals surface area contributed by atoms with Crippen LogP contribution in [0.2, 0.25) is 0 Å². The summed E-state index contributed by atoms with van der Waals surface area (Å²) in [5, 5.41) is 11.4. The monoisotopic (exact) mass is 351 g/mol. The van der Waals surface area contributed by atoms with Crippen LogP contribution in [-0.2, 0) is 26.5 Å². The van der Waals surface area contributed by atoms with Gasteiger partial charge in [-0.25, -0.2) is 0 Å². The van der Waals surface area contributed by atoms with Gasteiger partial charge in [0.05, 0.1) is 12.5 Å². The minimum absolute atomic E-state index is 0.0940. The zero-order valence-electron chi connectivity index (χ0n) is 13.9. The topological polar surface area (TPSA) is 116 Å². The number of carboxylic acids is 1. The second kappa shape index (κ2) is 5.15. The number of nitrogens with two attached hydrogens (primary N) is 1. The molecule has 2 heterocycles. The van der Waals surface area contributed by atoms with Crippen LogP contribution in [0.25, 0.3) is 0 Å². The Bertz CT molecular complexity index is 939. The van der Waals surface area contributed by atoms with Gasteiger partial charge < -0.3 is 25.3 Å². The molecule has 0 unspecified atom stereocenters. The van der Waals surface area contributed by atoms with Crippen molar-refractivity contribution in [2.24, 2.45) is 5.73 Å². The first-order chi connectivity index (χ1) is 12.3. The highest BCUT2D eigenvalue weighted by molar-refractivity contribution is 6.10. The zero-order valence-corrected chi connectivity index (χ0v) is 13.9. The van der Waals surface area contributed by atoms with Crippen LogP contribution in [0, 0.1) is 0 Å². The van der Waals surface area contributed by atoms with Gasteiger partial charge in [-0.3, -0.25) is 9.59 Å². The van der Waals surface area contributed by atoms with E-state index in [-0.39, 0.29) is 5.91 Å². The summed E-state index contributed by atoms with van der Waals surface area (Å²) < 4.78 is 5.22. The van der Waals surface area contributed by atoms with Crippen LogP contribution in [0.5, 0.6) is 0 Å². The van der Waals surface area contributed by atoms with Crippen molar-refractivity contribution in [1.82, 2.24) is 0 Å². The van der Waals surface area contributed by atoms with Gasteiger partial charge in [-0.15, -0.1) is 0 Å². The van der Waals surface area contributed by atoms with Crippen molar-refractivity contribution in [3.8, 4) is 0 Å². The van der Waals surface area contributed by atoms with Gasteiger partial charge >= 0.3 is 0 Å². The Morgan fingerprint density at radius 2 is 1.81 bits per heavy atom. The van der Waals surface area contributed by atoms with E-state index in [0.717, 1.165) is 5.56 Å². The highest BCUT2D eigenvalue weighted by Crippen LogP contribution is 2.55. The smallest absolute Gasteiger partial charge is 0.259 e. The van der Waals surface area contributed by atoms with Crippen molar-refractivity contribution in [1.29, 1.82) is 0 Å². The molecule has 7 heteroatoms. The summed E-state index contributed by atoms with van der Waals surface area (Å²) in [5.41, 5.74) is 4.38. The lowest BCUT2D eigenvalue weighted by atomic mass is 9.87. The molecule has 0 aromatic heterocycles. The van der Waals surface area contributed by atoms with E-state index in [4.69, 9.17) is 10.5 Å². The SMILES string of the molecule is C[C@@]1(c2ccc(N3Cc4ccccc4C3=O)cc2)O[C@]1(C(N)=O)C(=O)[O-]. The zero-order chi connectivity index (χ0) is 18.7. The number of amides is 2.